The van der Waals surface area contributed by atoms with E-state index in [4.69, 9.17) is 9.47 Å². The molecule has 3 aromatic rings. The van der Waals surface area contributed by atoms with Crippen LogP contribution in [0.1, 0.15) is 31.8 Å². The lowest BCUT2D eigenvalue weighted by atomic mass is 10.0. The molecule has 0 atom stereocenters. The second kappa shape index (κ2) is 7.76. The van der Waals surface area contributed by atoms with Crippen LogP contribution in [0.15, 0.2) is 76.5 Å². The summed E-state index contributed by atoms with van der Waals surface area (Å²) in [5.41, 5.74) is 1.25. The molecule has 0 fully saturated rings. The van der Waals surface area contributed by atoms with Gasteiger partial charge in [-0.25, -0.2) is 13.2 Å². The van der Waals surface area contributed by atoms with E-state index in [0.717, 1.165) is 11.3 Å². The minimum atomic E-state index is -3.90. The molecule has 0 N–H and O–H groups in total. The van der Waals surface area contributed by atoms with Crippen molar-refractivity contribution in [3.8, 4) is 5.75 Å². The van der Waals surface area contributed by atoms with Gasteiger partial charge < -0.3 is 9.47 Å². The average molecular weight is 422 g/mol. The molecule has 0 aliphatic carbocycles. The van der Waals surface area contributed by atoms with Crippen LogP contribution >= 0.6 is 0 Å². The zero-order valence-electron chi connectivity index (χ0n) is 16.1. The normalized spacial score (nSPS) is 13.8. The monoisotopic (exact) mass is 422 g/mol. The van der Waals surface area contributed by atoms with E-state index in [0.29, 0.717) is 6.42 Å². The number of fused-ring (bicyclic) bond motifs is 2. The van der Waals surface area contributed by atoms with Crippen molar-refractivity contribution >= 4 is 21.6 Å². The highest BCUT2D eigenvalue weighted by Crippen LogP contribution is 2.34. The smallest absolute Gasteiger partial charge is 0.338 e. The molecule has 0 unspecified atom stereocenters. The highest BCUT2D eigenvalue weighted by atomic mass is 32.2. The molecule has 0 saturated heterocycles. The van der Waals surface area contributed by atoms with Crippen LogP contribution in [0, 0.1) is 0 Å². The zero-order valence-corrected chi connectivity index (χ0v) is 16.9. The number of benzene rings is 3. The second-order valence-corrected chi connectivity index (χ2v) is 8.66. The Balaban J connectivity index is 1.53. The molecule has 30 heavy (non-hydrogen) atoms. The number of sulfone groups is 1. The Labute approximate surface area is 174 Å². The first-order chi connectivity index (χ1) is 14.4. The Hall–Kier alpha value is -3.45. The third-order valence-electron chi connectivity index (χ3n) is 4.96. The van der Waals surface area contributed by atoms with Gasteiger partial charge in [-0.05, 0) is 48.0 Å². The molecule has 1 aliphatic heterocycles. The molecule has 0 amide bonds. The largest absolute Gasteiger partial charge is 0.497 e. The molecular weight excluding hydrogens is 404 g/mol. The Kier molecular flexibility index (Phi) is 5.13. The highest BCUT2D eigenvalue weighted by Gasteiger charge is 2.35. The van der Waals surface area contributed by atoms with Crippen molar-refractivity contribution in [2.75, 3.05) is 13.7 Å². The fourth-order valence-corrected chi connectivity index (χ4v) is 5.03. The molecule has 7 heteroatoms. The molecule has 1 aliphatic rings. The van der Waals surface area contributed by atoms with E-state index in [1.165, 1.54) is 30.3 Å². The van der Waals surface area contributed by atoms with Crippen molar-refractivity contribution < 1.29 is 27.5 Å². The van der Waals surface area contributed by atoms with Gasteiger partial charge in [0.15, 0.2) is 5.78 Å². The number of carbonyl (C=O) groups is 2. The summed E-state index contributed by atoms with van der Waals surface area (Å²) >= 11 is 0. The predicted octanol–water partition coefficient (Wildman–Crippen LogP) is 3.47. The van der Waals surface area contributed by atoms with Crippen LogP contribution in [-0.2, 0) is 21.0 Å². The summed E-state index contributed by atoms with van der Waals surface area (Å²) in [6.07, 6.45) is 0.505. The summed E-state index contributed by atoms with van der Waals surface area (Å²) in [6, 6.07) is 17.4. The van der Waals surface area contributed by atoms with Crippen molar-refractivity contribution in [3.05, 3.63) is 89.0 Å². The number of ketones is 1. The van der Waals surface area contributed by atoms with Gasteiger partial charge in [-0.1, -0.05) is 24.3 Å². The maximum Gasteiger partial charge on any atom is 0.338 e. The molecule has 0 saturated carbocycles. The van der Waals surface area contributed by atoms with Crippen molar-refractivity contribution in [1.29, 1.82) is 0 Å². The van der Waals surface area contributed by atoms with Crippen LogP contribution in [0.5, 0.6) is 5.75 Å². The quantitative estimate of drug-likeness (QED) is 0.458. The van der Waals surface area contributed by atoms with E-state index in [-0.39, 0.29) is 38.9 Å². The van der Waals surface area contributed by atoms with E-state index < -0.39 is 15.8 Å². The van der Waals surface area contributed by atoms with Gasteiger partial charge in [-0.15, -0.1) is 0 Å². The second-order valence-electron chi connectivity index (χ2n) is 6.77. The number of hydrogen-bond acceptors (Lipinski definition) is 6. The lowest BCUT2D eigenvalue weighted by molar-refractivity contribution is 0.0508. The molecule has 1 heterocycles. The van der Waals surface area contributed by atoms with E-state index in [2.05, 4.69) is 0 Å². The number of carbonyl (C=O) groups excluding carboxylic acids is 2. The summed E-state index contributed by atoms with van der Waals surface area (Å²) in [5, 5.41) is 0. The fourth-order valence-electron chi connectivity index (χ4n) is 3.35. The molecule has 0 bridgehead atoms. The van der Waals surface area contributed by atoms with Gasteiger partial charge in [0.1, 0.15) is 5.75 Å². The molecule has 0 spiro atoms. The van der Waals surface area contributed by atoms with Gasteiger partial charge in [0, 0.05) is 17.5 Å². The van der Waals surface area contributed by atoms with E-state index in [9.17, 15) is 18.0 Å². The third kappa shape index (κ3) is 3.48. The van der Waals surface area contributed by atoms with E-state index in [1.54, 1.807) is 19.2 Å². The minimum absolute atomic E-state index is 0.0486. The lowest BCUT2D eigenvalue weighted by Gasteiger charge is -2.19. The Morgan fingerprint density at radius 1 is 0.900 bits per heavy atom. The first-order valence-corrected chi connectivity index (χ1v) is 10.7. The molecular formula is C23H18O6S. The third-order valence-corrected chi connectivity index (χ3v) is 6.81. The van der Waals surface area contributed by atoms with Crippen LogP contribution in [0.2, 0.25) is 0 Å². The Morgan fingerprint density at radius 2 is 1.60 bits per heavy atom. The first kappa shape index (κ1) is 19.8. The first-order valence-electron chi connectivity index (χ1n) is 9.25. The maximum atomic E-state index is 13.0. The minimum Gasteiger partial charge on any atom is -0.497 e. The van der Waals surface area contributed by atoms with Crippen LogP contribution in [0.4, 0.5) is 0 Å². The predicted molar refractivity (Wildman–Crippen MR) is 109 cm³/mol. The summed E-state index contributed by atoms with van der Waals surface area (Å²) < 4.78 is 36.3. The molecule has 0 aromatic heterocycles. The molecule has 6 nitrogen and oxygen atoms in total. The number of ether oxygens (including phenoxy) is 2. The molecule has 4 rings (SSSR count). The van der Waals surface area contributed by atoms with Crippen LogP contribution in [-0.4, -0.2) is 33.9 Å². The van der Waals surface area contributed by atoms with Gasteiger partial charge in [-0.2, -0.15) is 0 Å². The van der Waals surface area contributed by atoms with Crippen LogP contribution < -0.4 is 4.74 Å². The van der Waals surface area contributed by atoms with Crippen molar-refractivity contribution in [2.24, 2.45) is 0 Å². The van der Waals surface area contributed by atoms with Crippen molar-refractivity contribution in [2.45, 2.75) is 16.2 Å². The number of methoxy groups -OCH3 is 1. The van der Waals surface area contributed by atoms with Gasteiger partial charge in [0.25, 0.3) is 0 Å². The van der Waals surface area contributed by atoms with Crippen LogP contribution in [0.25, 0.3) is 0 Å². The Bertz CT molecular complexity index is 1240. The summed E-state index contributed by atoms with van der Waals surface area (Å²) in [4.78, 5) is 24.9. The number of rotatable bonds is 5. The van der Waals surface area contributed by atoms with Crippen LogP contribution in [0.3, 0.4) is 0 Å². The fraction of sp³-hybridized carbons (Fsp3) is 0.130. The molecule has 152 valence electrons. The topological polar surface area (TPSA) is 86.7 Å². The number of hydrogen-bond donors (Lipinski definition) is 0. The maximum absolute atomic E-state index is 13.0. The average Bonchev–Trinajstić information content (AvgIpc) is 2.78. The zero-order chi connectivity index (χ0) is 21.3. The molecule has 0 radical (unpaired) electrons. The Morgan fingerprint density at radius 3 is 2.33 bits per heavy atom. The summed E-state index contributed by atoms with van der Waals surface area (Å²) in [6.45, 7) is 0.136. The standard InChI is InChI=1S/C23H18O6S/c1-28-17-9-6-15(7-10-17)12-13-29-23(25)16-8-11-19-21(14-16)30(26,27)20-5-3-2-4-18(20)22(19)24/h2-11,14H,12-13H2,1H3. The lowest BCUT2D eigenvalue weighted by Crippen LogP contribution is -2.21. The molecule has 3 aromatic carbocycles. The van der Waals surface area contributed by atoms with Gasteiger partial charge in [0.05, 0.1) is 29.1 Å². The van der Waals surface area contributed by atoms with Crippen molar-refractivity contribution in [1.82, 2.24) is 0 Å². The summed E-state index contributed by atoms with van der Waals surface area (Å²) in [7, 11) is -2.32. The van der Waals surface area contributed by atoms with Gasteiger partial charge in [-0.3, -0.25) is 4.79 Å². The van der Waals surface area contributed by atoms with E-state index >= 15 is 0 Å². The number of esters is 1. The van der Waals surface area contributed by atoms with Crippen molar-refractivity contribution in [3.63, 3.8) is 0 Å². The highest BCUT2D eigenvalue weighted by molar-refractivity contribution is 7.91. The summed E-state index contributed by atoms with van der Waals surface area (Å²) in [5.74, 6) is -0.287. The van der Waals surface area contributed by atoms with E-state index in [1.807, 2.05) is 24.3 Å². The van der Waals surface area contributed by atoms with Gasteiger partial charge >= 0.3 is 5.97 Å². The van der Waals surface area contributed by atoms with Gasteiger partial charge in [0.2, 0.25) is 9.84 Å². The SMILES string of the molecule is COc1ccc(CCOC(=O)c2ccc3c(c2)S(=O)(=O)c2ccccc2C3=O)cc1.